The number of hydrogen-bond acceptors (Lipinski definition) is 3. The lowest BCUT2D eigenvalue weighted by atomic mass is 10.1. The van der Waals surface area contributed by atoms with Crippen molar-refractivity contribution < 1.29 is 9.59 Å². The SMILES string of the molecule is CC(=O)Nc1nc(C)n(-c2ccc(C)cc2)c1C(=O)c1ccccc1. The molecule has 0 saturated carbocycles. The first-order valence-electron chi connectivity index (χ1n) is 8.01. The lowest BCUT2D eigenvalue weighted by Gasteiger charge is -2.11. The Morgan fingerprint density at radius 1 is 0.960 bits per heavy atom. The van der Waals surface area contributed by atoms with Crippen LogP contribution in [-0.4, -0.2) is 21.2 Å². The number of imidazole rings is 1. The normalized spacial score (nSPS) is 10.5. The highest BCUT2D eigenvalue weighted by atomic mass is 16.1. The Morgan fingerprint density at radius 3 is 2.20 bits per heavy atom. The van der Waals surface area contributed by atoms with Crippen LogP contribution in [-0.2, 0) is 4.79 Å². The second-order valence-corrected chi connectivity index (χ2v) is 5.90. The molecular formula is C20H19N3O2. The Hall–Kier alpha value is -3.21. The van der Waals surface area contributed by atoms with E-state index in [1.807, 2.05) is 56.3 Å². The number of anilines is 1. The summed E-state index contributed by atoms with van der Waals surface area (Å²) in [7, 11) is 0. The fraction of sp³-hybridized carbons (Fsp3) is 0.150. The third kappa shape index (κ3) is 3.35. The molecule has 0 spiro atoms. The number of aromatic nitrogens is 2. The lowest BCUT2D eigenvalue weighted by molar-refractivity contribution is -0.114. The average molecular weight is 333 g/mol. The van der Waals surface area contributed by atoms with Crippen LogP contribution in [0.15, 0.2) is 54.6 Å². The van der Waals surface area contributed by atoms with Crippen LogP contribution >= 0.6 is 0 Å². The Kier molecular flexibility index (Phi) is 4.48. The smallest absolute Gasteiger partial charge is 0.222 e. The van der Waals surface area contributed by atoms with Gasteiger partial charge in [-0.2, -0.15) is 0 Å². The molecule has 25 heavy (non-hydrogen) atoms. The number of ketones is 1. The summed E-state index contributed by atoms with van der Waals surface area (Å²) in [6, 6.07) is 16.8. The average Bonchev–Trinajstić information content (AvgIpc) is 2.91. The summed E-state index contributed by atoms with van der Waals surface area (Å²) < 4.78 is 1.78. The summed E-state index contributed by atoms with van der Waals surface area (Å²) in [5.41, 5.74) is 2.84. The molecule has 0 bridgehead atoms. The van der Waals surface area contributed by atoms with Gasteiger partial charge in [-0.1, -0.05) is 48.0 Å². The third-order valence-corrected chi connectivity index (χ3v) is 3.88. The predicted octanol–water partition coefficient (Wildman–Crippen LogP) is 3.68. The zero-order chi connectivity index (χ0) is 18.0. The van der Waals surface area contributed by atoms with Gasteiger partial charge in [-0.15, -0.1) is 0 Å². The fourth-order valence-corrected chi connectivity index (χ4v) is 2.73. The van der Waals surface area contributed by atoms with Gasteiger partial charge in [-0.25, -0.2) is 4.98 Å². The number of benzene rings is 2. The number of carbonyl (C=O) groups excluding carboxylic acids is 2. The first-order valence-corrected chi connectivity index (χ1v) is 8.01. The van der Waals surface area contributed by atoms with Crippen molar-refractivity contribution in [2.75, 3.05) is 5.32 Å². The minimum absolute atomic E-state index is 0.189. The molecule has 1 N–H and O–H groups in total. The molecule has 126 valence electrons. The number of carbonyl (C=O) groups is 2. The van der Waals surface area contributed by atoms with Crippen molar-refractivity contribution in [3.63, 3.8) is 0 Å². The van der Waals surface area contributed by atoms with Gasteiger partial charge in [0.1, 0.15) is 11.5 Å². The Morgan fingerprint density at radius 2 is 1.60 bits per heavy atom. The zero-order valence-corrected chi connectivity index (χ0v) is 14.4. The molecule has 0 aliphatic heterocycles. The number of amides is 1. The highest BCUT2D eigenvalue weighted by Gasteiger charge is 2.24. The van der Waals surface area contributed by atoms with Crippen molar-refractivity contribution in [3.8, 4) is 5.69 Å². The van der Waals surface area contributed by atoms with E-state index in [0.717, 1.165) is 11.3 Å². The van der Waals surface area contributed by atoms with Crippen LogP contribution in [0.4, 0.5) is 5.82 Å². The summed E-state index contributed by atoms with van der Waals surface area (Å²) >= 11 is 0. The number of hydrogen-bond donors (Lipinski definition) is 1. The molecule has 5 nitrogen and oxygen atoms in total. The Bertz CT molecular complexity index is 926. The minimum Gasteiger partial charge on any atom is -0.309 e. The molecule has 1 aromatic heterocycles. The highest BCUT2D eigenvalue weighted by molar-refractivity contribution is 6.12. The minimum atomic E-state index is -0.268. The first kappa shape index (κ1) is 16.6. The number of rotatable bonds is 4. The van der Waals surface area contributed by atoms with E-state index >= 15 is 0 Å². The molecule has 2 aromatic carbocycles. The molecule has 0 aliphatic rings. The van der Waals surface area contributed by atoms with Gasteiger partial charge in [-0.05, 0) is 26.0 Å². The molecule has 0 unspecified atom stereocenters. The molecule has 3 aromatic rings. The Balaban J connectivity index is 2.20. The van der Waals surface area contributed by atoms with Crippen molar-refractivity contribution >= 4 is 17.5 Å². The summed E-state index contributed by atoms with van der Waals surface area (Å²) in [5, 5.41) is 2.67. The van der Waals surface area contributed by atoms with Gasteiger partial charge in [0.15, 0.2) is 5.82 Å². The van der Waals surface area contributed by atoms with Gasteiger partial charge in [-0.3, -0.25) is 14.2 Å². The van der Waals surface area contributed by atoms with E-state index in [9.17, 15) is 9.59 Å². The van der Waals surface area contributed by atoms with Gasteiger partial charge < -0.3 is 5.32 Å². The van der Waals surface area contributed by atoms with Gasteiger partial charge in [0.2, 0.25) is 11.7 Å². The molecular weight excluding hydrogens is 314 g/mol. The van der Waals surface area contributed by atoms with Crippen LogP contribution in [0.2, 0.25) is 0 Å². The van der Waals surface area contributed by atoms with Gasteiger partial charge >= 0.3 is 0 Å². The predicted molar refractivity (Wildman–Crippen MR) is 97.2 cm³/mol. The van der Waals surface area contributed by atoms with Crippen LogP contribution in [0.25, 0.3) is 5.69 Å². The molecule has 5 heteroatoms. The van der Waals surface area contributed by atoms with Crippen molar-refractivity contribution in [1.29, 1.82) is 0 Å². The second-order valence-electron chi connectivity index (χ2n) is 5.90. The van der Waals surface area contributed by atoms with Gasteiger partial charge in [0.05, 0.1) is 0 Å². The van der Waals surface area contributed by atoms with E-state index in [-0.39, 0.29) is 17.5 Å². The maximum Gasteiger partial charge on any atom is 0.222 e. The summed E-state index contributed by atoms with van der Waals surface area (Å²) in [6.45, 7) is 5.22. The monoisotopic (exact) mass is 333 g/mol. The fourth-order valence-electron chi connectivity index (χ4n) is 2.73. The third-order valence-electron chi connectivity index (χ3n) is 3.88. The number of nitrogens with zero attached hydrogens (tertiary/aromatic N) is 2. The van der Waals surface area contributed by atoms with E-state index < -0.39 is 0 Å². The molecule has 0 fully saturated rings. The van der Waals surface area contributed by atoms with Gasteiger partial charge in [0, 0.05) is 18.2 Å². The summed E-state index contributed by atoms with van der Waals surface area (Å²) in [4.78, 5) is 29.1. The number of nitrogens with one attached hydrogen (secondary N) is 1. The lowest BCUT2D eigenvalue weighted by Crippen LogP contribution is -2.14. The standard InChI is InChI=1S/C20H19N3O2/c1-13-9-11-17(12-10-13)23-14(2)21-20(22-15(3)24)18(23)19(25)16-7-5-4-6-8-16/h4-12H,1-3H3,(H,22,24). The van der Waals surface area contributed by atoms with E-state index in [2.05, 4.69) is 10.3 Å². The molecule has 0 radical (unpaired) electrons. The maximum atomic E-state index is 13.1. The summed E-state index contributed by atoms with van der Waals surface area (Å²) in [6.07, 6.45) is 0. The quantitative estimate of drug-likeness (QED) is 0.741. The van der Waals surface area contributed by atoms with Crippen molar-refractivity contribution in [3.05, 3.63) is 77.2 Å². The summed E-state index contributed by atoms with van der Waals surface area (Å²) in [5.74, 6) is 0.451. The zero-order valence-electron chi connectivity index (χ0n) is 14.4. The van der Waals surface area contributed by atoms with E-state index in [0.29, 0.717) is 17.1 Å². The molecule has 1 heterocycles. The van der Waals surface area contributed by atoms with E-state index in [1.165, 1.54) is 6.92 Å². The van der Waals surface area contributed by atoms with Crippen LogP contribution in [0.5, 0.6) is 0 Å². The molecule has 3 rings (SSSR count). The first-order chi connectivity index (χ1) is 12.0. The Labute approximate surface area is 146 Å². The molecule has 0 aliphatic carbocycles. The second kappa shape index (κ2) is 6.73. The maximum absolute atomic E-state index is 13.1. The topological polar surface area (TPSA) is 64.0 Å². The van der Waals surface area contributed by atoms with E-state index in [4.69, 9.17) is 0 Å². The van der Waals surface area contributed by atoms with E-state index in [1.54, 1.807) is 16.7 Å². The van der Waals surface area contributed by atoms with Gasteiger partial charge in [0.25, 0.3) is 0 Å². The number of aryl methyl sites for hydroxylation is 2. The van der Waals surface area contributed by atoms with Crippen molar-refractivity contribution in [1.82, 2.24) is 9.55 Å². The van der Waals surface area contributed by atoms with Crippen LogP contribution in [0.3, 0.4) is 0 Å². The van der Waals surface area contributed by atoms with Crippen molar-refractivity contribution in [2.45, 2.75) is 20.8 Å². The highest BCUT2D eigenvalue weighted by Crippen LogP contribution is 2.25. The largest absolute Gasteiger partial charge is 0.309 e. The molecule has 1 amide bonds. The molecule has 0 saturated heterocycles. The van der Waals surface area contributed by atoms with Crippen LogP contribution in [0.1, 0.15) is 34.4 Å². The van der Waals surface area contributed by atoms with Crippen LogP contribution < -0.4 is 5.32 Å². The van der Waals surface area contributed by atoms with Crippen molar-refractivity contribution in [2.24, 2.45) is 0 Å². The van der Waals surface area contributed by atoms with Crippen LogP contribution in [0, 0.1) is 13.8 Å². The molecule has 0 atom stereocenters.